The molecule has 1 saturated carbocycles. The largest absolute Gasteiger partial charge is 0.356 e. The average Bonchev–Trinajstić information content (AvgIpc) is 3.11. The predicted octanol–water partition coefficient (Wildman–Crippen LogP) is 2.10. The van der Waals surface area contributed by atoms with E-state index in [4.69, 9.17) is 0 Å². The van der Waals surface area contributed by atoms with Crippen LogP contribution in [0.4, 0.5) is 0 Å². The minimum atomic E-state index is 0. The molecule has 1 amide bonds. The van der Waals surface area contributed by atoms with E-state index in [1.807, 2.05) is 0 Å². The highest BCUT2D eigenvalue weighted by Crippen LogP contribution is 2.48. The molecular weight excluding hydrogens is 236 g/mol. The predicted molar refractivity (Wildman–Crippen MR) is 72.4 cm³/mol. The van der Waals surface area contributed by atoms with E-state index in [1.54, 1.807) is 0 Å². The maximum atomic E-state index is 11.9. The molecule has 0 aromatic heterocycles. The Kier molecular flexibility index (Phi) is 5.74. The first-order valence-corrected chi connectivity index (χ1v) is 6.76. The van der Waals surface area contributed by atoms with Gasteiger partial charge in [0.15, 0.2) is 0 Å². The molecule has 1 atom stereocenters. The van der Waals surface area contributed by atoms with Crippen LogP contribution in [0.2, 0.25) is 0 Å². The molecule has 2 N–H and O–H groups in total. The molecule has 2 rings (SSSR count). The van der Waals surface area contributed by atoms with Crippen LogP contribution < -0.4 is 10.6 Å². The van der Waals surface area contributed by atoms with Crippen molar-refractivity contribution in [1.29, 1.82) is 0 Å². The van der Waals surface area contributed by atoms with E-state index in [0.717, 1.165) is 44.7 Å². The minimum absolute atomic E-state index is 0. The number of hydrogen-bond donors (Lipinski definition) is 2. The van der Waals surface area contributed by atoms with Gasteiger partial charge in [0, 0.05) is 12.0 Å². The second-order valence-corrected chi connectivity index (χ2v) is 5.39. The van der Waals surface area contributed by atoms with Crippen molar-refractivity contribution >= 4 is 18.3 Å². The second kappa shape index (κ2) is 6.60. The summed E-state index contributed by atoms with van der Waals surface area (Å²) >= 11 is 0. The Morgan fingerprint density at radius 1 is 1.47 bits per heavy atom. The van der Waals surface area contributed by atoms with Gasteiger partial charge in [-0.25, -0.2) is 0 Å². The fraction of sp³-hybridized carbons (Fsp3) is 0.923. The molecule has 3 nitrogen and oxygen atoms in total. The van der Waals surface area contributed by atoms with Crippen molar-refractivity contribution in [3.63, 3.8) is 0 Å². The van der Waals surface area contributed by atoms with Crippen LogP contribution in [0.25, 0.3) is 0 Å². The first-order valence-electron chi connectivity index (χ1n) is 6.76. The third-order valence-corrected chi connectivity index (χ3v) is 4.25. The molecule has 100 valence electrons. The fourth-order valence-corrected chi connectivity index (χ4v) is 2.64. The highest BCUT2D eigenvalue weighted by Gasteiger charge is 2.47. The van der Waals surface area contributed by atoms with Crippen LogP contribution in [-0.2, 0) is 4.79 Å². The Morgan fingerprint density at radius 2 is 2.24 bits per heavy atom. The second-order valence-electron chi connectivity index (χ2n) is 5.39. The van der Waals surface area contributed by atoms with Gasteiger partial charge in [-0.3, -0.25) is 4.79 Å². The van der Waals surface area contributed by atoms with Crippen LogP contribution in [0.1, 0.15) is 45.4 Å². The van der Waals surface area contributed by atoms with Crippen LogP contribution in [0.15, 0.2) is 0 Å². The van der Waals surface area contributed by atoms with Crippen LogP contribution >= 0.6 is 12.4 Å². The Bertz CT molecular complexity index is 248. The monoisotopic (exact) mass is 260 g/mol. The molecule has 2 fully saturated rings. The molecule has 1 saturated heterocycles. The Hall–Kier alpha value is -0.280. The maximum Gasteiger partial charge on any atom is 0.226 e. The van der Waals surface area contributed by atoms with Crippen molar-refractivity contribution in [3.05, 3.63) is 0 Å². The van der Waals surface area contributed by atoms with Crippen molar-refractivity contribution < 1.29 is 4.79 Å². The lowest BCUT2D eigenvalue weighted by Gasteiger charge is -2.23. The molecule has 0 spiro atoms. The average molecular weight is 261 g/mol. The number of piperidine rings is 1. The Labute approximate surface area is 111 Å². The number of rotatable bonds is 5. The summed E-state index contributed by atoms with van der Waals surface area (Å²) in [6, 6.07) is 0. The first kappa shape index (κ1) is 14.8. The Balaban J connectivity index is 0.00000144. The van der Waals surface area contributed by atoms with E-state index >= 15 is 0 Å². The number of carbonyl (C=O) groups excluding carboxylic acids is 1. The molecule has 0 aromatic rings. The quantitative estimate of drug-likeness (QED) is 0.795. The van der Waals surface area contributed by atoms with Gasteiger partial charge in [-0.15, -0.1) is 12.4 Å². The Morgan fingerprint density at radius 3 is 2.76 bits per heavy atom. The van der Waals surface area contributed by atoms with Crippen molar-refractivity contribution in [3.8, 4) is 0 Å². The van der Waals surface area contributed by atoms with E-state index in [9.17, 15) is 4.79 Å². The molecule has 0 bridgehead atoms. The molecular formula is C13H25ClN2O. The number of hydrogen-bond acceptors (Lipinski definition) is 2. The lowest BCUT2D eigenvalue weighted by Crippen LogP contribution is -2.36. The molecule has 2 aliphatic rings. The minimum Gasteiger partial charge on any atom is -0.356 e. The zero-order valence-corrected chi connectivity index (χ0v) is 11.6. The van der Waals surface area contributed by atoms with E-state index in [-0.39, 0.29) is 17.8 Å². The lowest BCUT2D eigenvalue weighted by molar-refractivity contribution is -0.126. The van der Waals surface area contributed by atoms with Crippen molar-refractivity contribution in [2.45, 2.75) is 45.4 Å². The molecule has 1 aliphatic carbocycles. The van der Waals surface area contributed by atoms with Gasteiger partial charge in [0.1, 0.15) is 0 Å². The summed E-state index contributed by atoms with van der Waals surface area (Å²) in [4.78, 5) is 11.9. The van der Waals surface area contributed by atoms with Gasteiger partial charge < -0.3 is 10.6 Å². The molecule has 0 aromatic carbocycles. The fourth-order valence-electron chi connectivity index (χ4n) is 2.64. The van der Waals surface area contributed by atoms with Gasteiger partial charge in [0.2, 0.25) is 5.91 Å². The van der Waals surface area contributed by atoms with Gasteiger partial charge >= 0.3 is 0 Å². The number of amides is 1. The molecule has 4 heteroatoms. The van der Waals surface area contributed by atoms with Gasteiger partial charge in [0.05, 0.1) is 0 Å². The first-order chi connectivity index (χ1) is 7.77. The van der Waals surface area contributed by atoms with Crippen LogP contribution in [0.3, 0.4) is 0 Å². The normalized spacial score (nSPS) is 25.8. The zero-order valence-electron chi connectivity index (χ0n) is 10.8. The number of nitrogens with one attached hydrogen (secondary N) is 2. The topological polar surface area (TPSA) is 41.1 Å². The third-order valence-electron chi connectivity index (χ3n) is 4.25. The van der Waals surface area contributed by atoms with Gasteiger partial charge in [0.25, 0.3) is 0 Å². The van der Waals surface area contributed by atoms with Gasteiger partial charge in [-0.1, -0.05) is 6.92 Å². The smallest absolute Gasteiger partial charge is 0.226 e. The van der Waals surface area contributed by atoms with Gasteiger partial charge in [-0.05, 0) is 57.5 Å². The summed E-state index contributed by atoms with van der Waals surface area (Å²) in [6.45, 7) is 5.29. The molecule has 1 aliphatic heterocycles. The molecule has 0 radical (unpaired) electrons. The number of halogens is 1. The molecule has 1 heterocycles. The van der Waals surface area contributed by atoms with Crippen LogP contribution in [-0.4, -0.2) is 25.5 Å². The van der Waals surface area contributed by atoms with Crippen LogP contribution in [0, 0.1) is 11.3 Å². The van der Waals surface area contributed by atoms with Crippen LogP contribution in [0.5, 0.6) is 0 Å². The lowest BCUT2D eigenvalue weighted by atomic mass is 9.96. The molecule has 17 heavy (non-hydrogen) atoms. The van der Waals surface area contributed by atoms with Gasteiger partial charge in [-0.2, -0.15) is 0 Å². The SMILES string of the molecule is CCC1(C(=O)NCCC2CCCNC2)CC1.Cl. The maximum absolute atomic E-state index is 11.9. The van der Waals surface area contributed by atoms with Crippen molar-refractivity contribution in [2.75, 3.05) is 19.6 Å². The summed E-state index contributed by atoms with van der Waals surface area (Å²) in [5.74, 6) is 1.07. The third kappa shape index (κ3) is 3.85. The van der Waals surface area contributed by atoms with Crippen molar-refractivity contribution in [2.24, 2.45) is 11.3 Å². The standard InChI is InChI=1S/C13H24N2O.ClH/c1-2-13(6-7-13)12(16)15-9-5-11-4-3-8-14-10-11;/h11,14H,2-10H2,1H3,(H,15,16);1H. The molecule has 1 unspecified atom stereocenters. The zero-order chi connectivity index (χ0) is 11.4. The highest BCUT2D eigenvalue weighted by molar-refractivity contribution is 5.85. The summed E-state index contributed by atoms with van der Waals surface area (Å²) in [5.41, 5.74) is 0.0326. The van der Waals surface area contributed by atoms with E-state index in [1.165, 1.54) is 19.4 Å². The highest BCUT2D eigenvalue weighted by atomic mass is 35.5. The summed E-state index contributed by atoms with van der Waals surface area (Å²) in [5, 5.41) is 6.53. The van der Waals surface area contributed by atoms with E-state index in [2.05, 4.69) is 17.6 Å². The van der Waals surface area contributed by atoms with E-state index < -0.39 is 0 Å². The van der Waals surface area contributed by atoms with E-state index in [0.29, 0.717) is 5.91 Å². The summed E-state index contributed by atoms with van der Waals surface area (Å²) in [7, 11) is 0. The summed E-state index contributed by atoms with van der Waals surface area (Å²) in [6.07, 6.45) is 6.95. The summed E-state index contributed by atoms with van der Waals surface area (Å²) < 4.78 is 0. The van der Waals surface area contributed by atoms with Crippen molar-refractivity contribution in [1.82, 2.24) is 10.6 Å². The number of carbonyl (C=O) groups is 1.